The average molecular weight is 249 g/mol. The highest BCUT2D eigenvalue weighted by molar-refractivity contribution is 5.75. The number of amides is 1. The lowest BCUT2D eigenvalue weighted by molar-refractivity contribution is -0.130. The van der Waals surface area contributed by atoms with Gasteiger partial charge in [-0.05, 0) is 25.0 Å². The van der Waals surface area contributed by atoms with Crippen LogP contribution in [0.1, 0.15) is 32.6 Å². The summed E-state index contributed by atoms with van der Waals surface area (Å²) in [4.78, 5) is 13.5. The summed E-state index contributed by atoms with van der Waals surface area (Å²) in [5.74, 6) is 1.07. The molecule has 1 aromatic rings. The summed E-state index contributed by atoms with van der Waals surface area (Å²) in [7, 11) is 1.87. The normalized spacial score (nSPS) is 10.1. The van der Waals surface area contributed by atoms with E-state index in [9.17, 15) is 4.79 Å². The molecule has 0 saturated carbocycles. The molecule has 0 N–H and O–H groups in total. The lowest BCUT2D eigenvalue weighted by atomic mass is 10.2. The highest BCUT2D eigenvalue weighted by Crippen LogP contribution is 2.09. The van der Waals surface area contributed by atoms with Crippen LogP contribution in [0.25, 0.3) is 0 Å². The van der Waals surface area contributed by atoms with Crippen LogP contribution in [0, 0.1) is 0 Å². The van der Waals surface area contributed by atoms with Crippen molar-refractivity contribution in [3.8, 4) is 5.75 Å². The van der Waals surface area contributed by atoms with Crippen molar-refractivity contribution in [3.63, 3.8) is 0 Å². The fourth-order valence-electron chi connectivity index (χ4n) is 1.64. The van der Waals surface area contributed by atoms with Crippen LogP contribution in [0.2, 0.25) is 0 Å². The molecule has 0 heterocycles. The Morgan fingerprint density at radius 3 is 2.61 bits per heavy atom. The van der Waals surface area contributed by atoms with E-state index in [2.05, 4.69) is 6.92 Å². The van der Waals surface area contributed by atoms with Gasteiger partial charge in [-0.1, -0.05) is 31.5 Å². The summed E-state index contributed by atoms with van der Waals surface area (Å²) in [6.45, 7) is 3.58. The standard InChI is InChI=1S/C15H23NO2/c1-3-4-12-16(2)15(17)11-8-13-18-14-9-6-5-7-10-14/h5-7,9-10H,3-4,8,11-13H2,1-2H3. The van der Waals surface area contributed by atoms with Crippen LogP contribution >= 0.6 is 0 Å². The fraction of sp³-hybridized carbons (Fsp3) is 0.533. The average Bonchev–Trinajstić information content (AvgIpc) is 2.41. The largest absolute Gasteiger partial charge is 0.494 e. The van der Waals surface area contributed by atoms with Crippen LogP contribution in [-0.4, -0.2) is 31.0 Å². The van der Waals surface area contributed by atoms with Crippen LogP contribution in [0.3, 0.4) is 0 Å². The number of hydrogen-bond acceptors (Lipinski definition) is 2. The Balaban J connectivity index is 2.12. The van der Waals surface area contributed by atoms with Crippen molar-refractivity contribution in [2.24, 2.45) is 0 Å². The SMILES string of the molecule is CCCCN(C)C(=O)CCCOc1ccccc1. The first-order valence-corrected chi connectivity index (χ1v) is 6.66. The molecule has 0 atom stereocenters. The molecule has 0 aliphatic rings. The van der Waals surface area contributed by atoms with Gasteiger partial charge in [0.1, 0.15) is 5.75 Å². The van der Waals surface area contributed by atoms with Crippen molar-refractivity contribution >= 4 is 5.91 Å². The van der Waals surface area contributed by atoms with E-state index in [0.29, 0.717) is 13.0 Å². The molecule has 0 aromatic heterocycles. The van der Waals surface area contributed by atoms with Gasteiger partial charge in [0.25, 0.3) is 0 Å². The number of rotatable bonds is 8. The van der Waals surface area contributed by atoms with E-state index in [-0.39, 0.29) is 5.91 Å². The minimum Gasteiger partial charge on any atom is -0.494 e. The van der Waals surface area contributed by atoms with Gasteiger partial charge in [0, 0.05) is 20.0 Å². The molecule has 100 valence electrons. The molecule has 0 saturated heterocycles. The highest BCUT2D eigenvalue weighted by atomic mass is 16.5. The van der Waals surface area contributed by atoms with Gasteiger partial charge < -0.3 is 9.64 Å². The van der Waals surface area contributed by atoms with E-state index >= 15 is 0 Å². The second-order valence-corrected chi connectivity index (χ2v) is 4.43. The lowest BCUT2D eigenvalue weighted by Crippen LogP contribution is -2.27. The molecule has 0 fully saturated rings. The van der Waals surface area contributed by atoms with Crippen molar-refractivity contribution in [3.05, 3.63) is 30.3 Å². The Morgan fingerprint density at radius 1 is 1.22 bits per heavy atom. The number of nitrogens with zero attached hydrogens (tertiary/aromatic N) is 1. The van der Waals surface area contributed by atoms with Gasteiger partial charge in [-0.15, -0.1) is 0 Å². The number of carbonyl (C=O) groups excluding carboxylic acids is 1. The minimum absolute atomic E-state index is 0.208. The van der Waals surface area contributed by atoms with E-state index in [0.717, 1.165) is 31.6 Å². The molecule has 0 radical (unpaired) electrons. The second kappa shape index (κ2) is 8.56. The van der Waals surface area contributed by atoms with Gasteiger partial charge in [0.05, 0.1) is 6.61 Å². The Morgan fingerprint density at radius 2 is 1.94 bits per heavy atom. The van der Waals surface area contributed by atoms with Crippen molar-refractivity contribution in [1.29, 1.82) is 0 Å². The summed E-state index contributed by atoms with van der Waals surface area (Å²) in [5.41, 5.74) is 0. The van der Waals surface area contributed by atoms with Gasteiger partial charge >= 0.3 is 0 Å². The van der Waals surface area contributed by atoms with Crippen molar-refractivity contribution < 1.29 is 9.53 Å². The minimum atomic E-state index is 0.208. The van der Waals surface area contributed by atoms with Gasteiger partial charge in [-0.25, -0.2) is 0 Å². The topological polar surface area (TPSA) is 29.5 Å². The monoisotopic (exact) mass is 249 g/mol. The number of para-hydroxylation sites is 1. The molecule has 0 bridgehead atoms. The van der Waals surface area contributed by atoms with E-state index in [1.807, 2.05) is 42.3 Å². The Hall–Kier alpha value is -1.51. The molecular weight excluding hydrogens is 226 g/mol. The van der Waals surface area contributed by atoms with Gasteiger partial charge in [0.2, 0.25) is 5.91 Å². The maximum atomic E-state index is 11.7. The zero-order chi connectivity index (χ0) is 13.2. The van der Waals surface area contributed by atoms with Gasteiger partial charge in [0.15, 0.2) is 0 Å². The predicted octanol–water partition coefficient (Wildman–Crippen LogP) is 3.10. The van der Waals surface area contributed by atoms with Gasteiger partial charge in [-0.2, -0.15) is 0 Å². The Labute approximate surface area is 110 Å². The Bertz CT molecular complexity index is 338. The van der Waals surface area contributed by atoms with Crippen molar-refractivity contribution in [2.75, 3.05) is 20.2 Å². The molecule has 18 heavy (non-hydrogen) atoms. The van der Waals surface area contributed by atoms with Crippen LogP contribution in [-0.2, 0) is 4.79 Å². The first-order chi connectivity index (χ1) is 8.74. The number of hydrogen-bond donors (Lipinski definition) is 0. The highest BCUT2D eigenvalue weighted by Gasteiger charge is 2.07. The zero-order valence-corrected chi connectivity index (χ0v) is 11.4. The first kappa shape index (κ1) is 14.6. The lowest BCUT2D eigenvalue weighted by Gasteiger charge is -2.16. The first-order valence-electron chi connectivity index (χ1n) is 6.66. The molecule has 0 unspecified atom stereocenters. The zero-order valence-electron chi connectivity index (χ0n) is 11.4. The fourth-order valence-corrected chi connectivity index (χ4v) is 1.64. The van der Waals surface area contributed by atoms with Gasteiger partial charge in [-0.3, -0.25) is 4.79 Å². The summed E-state index contributed by atoms with van der Waals surface area (Å²) in [5, 5.41) is 0. The quantitative estimate of drug-likeness (QED) is 0.663. The van der Waals surface area contributed by atoms with Crippen LogP contribution in [0.5, 0.6) is 5.75 Å². The molecule has 1 rings (SSSR count). The summed E-state index contributed by atoms with van der Waals surface area (Å²) < 4.78 is 5.55. The second-order valence-electron chi connectivity index (χ2n) is 4.43. The summed E-state index contributed by atoms with van der Waals surface area (Å²) in [6, 6.07) is 9.70. The third-order valence-electron chi connectivity index (χ3n) is 2.82. The predicted molar refractivity (Wildman–Crippen MR) is 73.7 cm³/mol. The third-order valence-corrected chi connectivity index (χ3v) is 2.82. The molecule has 0 aliphatic carbocycles. The number of unbranched alkanes of at least 4 members (excludes halogenated alkanes) is 1. The van der Waals surface area contributed by atoms with Crippen LogP contribution < -0.4 is 4.74 Å². The van der Waals surface area contributed by atoms with Crippen molar-refractivity contribution in [1.82, 2.24) is 4.90 Å². The Kier molecular flexibility index (Phi) is 6.92. The van der Waals surface area contributed by atoms with Crippen LogP contribution in [0.15, 0.2) is 30.3 Å². The molecular formula is C15H23NO2. The van der Waals surface area contributed by atoms with E-state index < -0.39 is 0 Å². The molecule has 1 amide bonds. The van der Waals surface area contributed by atoms with E-state index in [4.69, 9.17) is 4.74 Å². The number of ether oxygens (including phenoxy) is 1. The maximum Gasteiger partial charge on any atom is 0.222 e. The number of carbonyl (C=O) groups is 1. The maximum absolute atomic E-state index is 11.7. The van der Waals surface area contributed by atoms with E-state index in [1.165, 1.54) is 0 Å². The van der Waals surface area contributed by atoms with Crippen molar-refractivity contribution in [2.45, 2.75) is 32.6 Å². The molecule has 0 spiro atoms. The molecule has 3 nitrogen and oxygen atoms in total. The third kappa shape index (κ3) is 5.71. The molecule has 1 aromatic carbocycles. The van der Waals surface area contributed by atoms with Crippen LogP contribution in [0.4, 0.5) is 0 Å². The van der Waals surface area contributed by atoms with E-state index in [1.54, 1.807) is 0 Å². The summed E-state index contributed by atoms with van der Waals surface area (Å²) >= 11 is 0. The number of benzene rings is 1. The summed E-state index contributed by atoms with van der Waals surface area (Å²) in [6.07, 6.45) is 3.52. The smallest absolute Gasteiger partial charge is 0.222 e. The molecule has 3 heteroatoms. The molecule has 0 aliphatic heterocycles.